The van der Waals surface area contributed by atoms with Crippen LogP contribution in [-0.4, -0.2) is 19.2 Å². The summed E-state index contributed by atoms with van der Waals surface area (Å²) in [4.78, 5) is 0. The van der Waals surface area contributed by atoms with E-state index < -0.39 is 0 Å². The third-order valence-corrected chi connectivity index (χ3v) is 3.34. The molecule has 18 heavy (non-hydrogen) atoms. The molecule has 0 aliphatic rings. The van der Waals surface area contributed by atoms with Gasteiger partial charge in [-0.3, -0.25) is 0 Å². The molecule has 2 heteroatoms. The summed E-state index contributed by atoms with van der Waals surface area (Å²) in [6.45, 7) is 12.6. The third-order valence-electron chi connectivity index (χ3n) is 3.34. The fourth-order valence-electron chi connectivity index (χ4n) is 2.00. The average molecular weight is 249 g/mol. The monoisotopic (exact) mass is 249 g/mol. The normalized spacial score (nSPS) is 12.8. The lowest BCUT2D eigenvalue weighted by Gasteiger charge is -2.14. The summed E-state index contributed by atoms with van der Waals surface area (Å²) in [5.74, 6) is 1.55. The van der Waals surface area contributed by atoms with Gasteiger partial charge in [0.2, 0.25) is 0 Å². The molecule has 1 atom stereocenters. The lowest BCUT2D eigenvalue weighted by molar-refractivity contribution is 0.306. The standard InChI is InChI=1S/C16H27NO/c1-6-14(5)17-9-10-18-15-7-8-16(12(2)3)13(4)11-15/h7-8,11-12,14,17H,6,9-10H2,1-5H3/t14-/m0/s1. The zero-order valence-corrected chi connectivity index (χ0v) is 12.4. The van der Waals surface area contributed by atoms with E-state index in [-0.39, 0.29) is 0 Å². The van der Waals surface area contributed by atoms with Gasteiger partial charge in [0.15, 0.2) is 0 Å². The summed E-state index contributed by atoms with van der Waals surface area (Å²) in [6.07, 6.45) is 1.15. The average Bonchev–Trinajstić information content (AvgIpc) is 2.34. The van der Waals surface area contributed by atoms with Gasteiger partial charge in [-0.1, -0.05) is 26.8 Å². The zero-order valence-electron chi connectivity index (χ0n) is 12.4. The number of benzene rings is 1. The summed E-state index contributed by atoms with van der Waals surface area (Å²) in [5.41, 5.74) is 2.72. The molecule has 0 unspecified atom stereocenters. The molecule has 0 heterocycles. The number of hydrogen-bond donors (Lipinski definition) is 1. The molecule has 0 saturated heterocycles. The minimum Gasteiger partial charge on any atom is -0.492 e. The molecule has 2 nitrogen and oxygen atoms in total. The number of rotatable bonds is 7. The van der Waals surface area contributed by atoms with E-state index in [4.69, 9.17) is 4.74 Å². The molecule has 0 amide bonds. The Balaban J connectivity index is 2.42. The van der Waals surface area contributed by atoms with Crippen molar-refractivity contribution in [3.63, 3.8) is 0 Å². The van der Waals surface area contributed by atoms with Crippen LogP contribution in [0.1, 0.15) is 51.2 Å². The first-order valence-corrected chi connectivity index (χ1v) is 7.01. The molecule has 1 N–H and O–H groups in total. The van der Waals surface area contributed by atoms with Gasteiger partial charge >= 0.3 is 0 Å². The van der Waals surface area contributed by atoms with Crippen molar-refractivity contribution < 1.29 is 4.74 Å². The van der Waals surface area contributed by atoms with Crippen molar-refractivity contribution in [3.05, 3.63) is 29.3 Å². The largest absolute Gasteiger partial charge is 0.492 e. The van der Waals surface area contributed by atoms with Gasteiger partial charge in [-0.05, 0) is 49.4 Å². The van der Waals surface area contributed by atoms with E-state index >= 15 is 0 Å². The van der Waals surface area contributed by atoms with Crippen LogP contribution in [-0.2, 0) is 0 Å². The van der Waals surface area contributed by atoms with Crippen LogP contribution in [0.5, 0.6) is 5.75 Å². The molecule has 0 spiro atoms. The van der Waals surface area contributed by atoms with E-state index in [1.807, 2.05) is 0 Å². The van der Waals surface area contributed by atoms with Gasteiger partial charge in [0, 0.05) is 12.6 Å². The summed E-state index contributed by atoms with van der Waals surface area (Å²) in [7, 11) is 0. The maximum atomic E-state index is 5.75. The highest BCUT2D eigenvalue weighted by Crippen LogP contribution is 2.23. The van der Waals surface area contributed by atoms with Crippen LogP contribution < -0.4 is 10.1 Å². The molecular weight excluding hydrogens is 222 g/mol. The Morgan fingerprint density at radius 1 is 1.22 bits per heavy atom. The first-order chi connectivity index (χ1) is 8.54. The summed E-state index contributed by atoms with van der Waals surface area (Å²) >= 11 is 0. The first kappa shape index (κ1) is 15.0. The topological polar surface area (TPSA) is 21.3 Å². The van der Waals surface area contributed by atoms with Crippen molar-refractivity contribution in [1.29, 1.82) is 0 Å². The molecule has 0 aliphatic heterocycles. The Morgan fingerprint density at radius 2 is 1.94 bits per heavy atom. The summed E-state index contributed by atoms with van der Waals surface area (Å²) in [6, 6.07) is 6.96. The number of aryl methyl sites for hydroxylation is 1. The smallest absolute Gasteiger partial charge is 0.119 e. The minimum absolute atomic E-state index is 0.568. The number of hydrogen-bond acceptors (Lipinski definition) is 2. The second-order valence-corrected chi connectivity index (χ2v) is 5.28. The number of nitrogens with one attached hydrogen (secondary N) is 1. The SMILES string of the molecule is CC[C@H](C)NCCOc1ccc(C(C)C)c(C)c1. The van der Waals surface area contributed by atoms with Crippen LogP contribution in [0, 0.1) is 6.92 Å². The molecule has 102 valence electrons. The molecule has 0 fully saturated rings. The van der Waals surface area contributed by atoms with Gasteiger partial charge in [-0.15, -0.1) is 0 Å². The lowest BCUT2D eigenvalue weighted by atomic mass is 9.98. The van der Waals surface area contributed by atoms with E-state index in [2.05, 4.69) is 58.1 Å². The van der Waals surface area contributed by atoms with Crippen molar-refractivity contribution in [2.75, 3.05) is 13.2 Å². The van der Waals surface area contributed by atoms with E-state index in [9.17, 15) is 0 Å². The second-order valence-electron chi connectivity index (χ2n) is 5.28. The fourth-order valence-corrected chi connectivity index (χ4v) is 2.00. The van der Waals surface area contributed by atoms with Crippen molar-refractivity contribution in [2.45, 2.75) is 53.0 Å². The van der Waals surface area contributed by atoms with E-state index in [0.29, 0.717) is 12.0 Å². The highest BCUT2D eigenvalue weighted by molar-refractivity contribution is 5.36. The quantitative estimate of drug-likeness (QED) is 0.740. The van der Waals surface area contributed by atoms with Crippen molar-refractivity contribution in [2.24, 2.45) is 0 Å². The lowest BCUT2D eigenvalue weighted by Crippen LogP contribution is -2.29. The molecule has 0 bridgehead atoms. The van der Waals surface area contributed by atoms with E-state index in [1.165, 1.54) is 11.1 Å². The van der Waals surface area contributed by atoms with Crippen LogP contribution in [0.25, 0.3) is 0 Å². The molecule has 0 aliphatic carbocycles. The predicted molar refractivity (Wildman–Crippen MR) is 78.5 cm³/mol. The van der Waals surface area contributed by atoms with Crippen LogP contribution in [0.4, 0.5) is 0 Å². The molecular formula is C16H27NO. The Hall–Kier alpha value is -1.02. The maximum absolute atomic E-state index is 5.75. The van der Waals surface area contributed by atoms with Crippen LogP contribution in [0.15, 0.2) is 18.2 Å². The predicted octanol–water partition coefficient (Wildman–Crippen LogP) is 3.89. The van der Waals surface area contributed by atoms with E-state index in [0.717, 1.165) is 25.3 Å². The number of ether oxygens (including phenoxy) is 1. The molecule has 0 aromatic heterocycles. The molecule has 0 radical (unpaired) electrons. The van der Waals surface area contributed by atoms with Gasteiger partial charge in [0.1, 0.15) is 12.4 Å². The van der Waals surface area contributed by atoms with Crippen LogP contribution >= 0.6 is 0 Å². The molecule has 1 aromatic rings. The summed E-state index contributed by atoms with van der Waals surface area (Å²) < 4.78 is 5.75. The fraction of sp³-hybridized carbons (Fsp3) is 0.625. The van der Waals surface area contributed by atoms with Crippen LogP contribution in [0.2, 0.25) is 0 Å². The van der Waals surface area contributed by atoms with Gasteiger partial charge in [0.25, 0.3) is 0 Å². The van der Waals surface area contributed by atoms with Gasteiger partial charge < -0.3 is 10.1 Å². The molecule has 1 rings (SSSR count). The Kier molecular flexibility index (Phi) is 6.20. The second kappa shape index (κ2) is 7.42. The van der Waals surface area contributed by atoms with Crippen LogP contribution in [0.3, 0.4) is 0 Å². The van der Waals surface area contributed by atoms with E-state index in [1.54, 1.807) is 0 Å². The first-order valence-electron chi connectivity index (χ1n) is 7.01. The van der Waals surface area contributed by atoms with Gasteiger partial charge in [-0.25, -0.2) is 0 Å². The van der Waals surface area contributed by atoms with Crippen molar-refractivity contribution in [3.8, 4) is 5.75 Å². The highest BCUT2D eigenvalue weighted by Gasteiger charge is 2.04. The Morgan fingerprint density at radius 3 is 2.50 bits per heavy atom. The van der Waals surface area contributed by atoms with Crippen molar-refractivity contribution in [1.82, 2.24) is 5.32 Å². The maximum Gasteiger partial charge on any atom is 0.119 e. The minimum atomic E-state index is 0.568. The van der Waals surface area contributed by atoms with Crippen molar-refractivity contribution >= 4 is 0 Å². The van der Waals surface area contributed by atoms with Gasteiger partial charge in [0.05, 0.1) is 0 Å². The molecule has 1 aromatic carbocycles. The molecule has 0 saturated carbocycles. The Bertz CT molecular complexity index is 360. The highest BCUT2D eigenvalue weighted by atomic mass is 16.5. The Labute approximate surface area is 112 Å². The zero-order chi connectivity index (χ0) is 13.5. The third kappa shape index (κ3) is 4.69. The van der Waals surface area contributed by atoms with Gasteiger partial charge in [-0.2, -0.15) is 0 Å². The summed E-state index contributed by atoms with van der Waals surface area (Å²) in [5, 5.41) is 3.42.